The fourth-order valence-electron chi connectivity index (χ4n) is 10.2. The van der Waals surface area contributed by atoms with E-state index in [0.717, 1.165) is 89.3 Å². The maximum atomic E-state index is 5.50. The summed E-state index contributed by atoms with van der Waals surface area (Å²) in [5, 5.41) is 0. The van der Waals surface area contributed by atoms with Gasteiger partial charge in [-0.05, 0) is 83.9 Å². The fourth-order valence-corrected chi connectivity index (χ4v) is 10.2. The van der Waals surface area contributed by atoms with Crippen LogP contribution < -0.4 is 0 Å². The minimum atomic E-state index is 0.599. The molecule has 10 nitrogen and oxygen atoms in total. The molecule has 13 rings (SSSR count). The van der Waals surface area contributed by atoms with Gasteiger partial charge in [-0.1, -0.05) is 97.1 Å². The third-order valence-corrected chi connectivity index (χ3v) is 13.0. The molecular weight excluding hydrogens is 885 g/mol. The van der Waals surface area contributed by atoms with Crippen LogP contribution in [0.3, 0.4) is 0 Å². The van der Waals surface area contributed by atoms with Gasteiger partial charge < -0.3 is 0 Å². The number of fused-ring (bicyclic) bond motifs is 8. The van der Waals surface area contributed by atoms with E-state index in [1.165, 1.54) is 0 Å². The Labute approximate surface area is 414 Å². The van der Waals surface area contributed by atoms with Crippen LogP contribution in [-0.2, 0) is 0 Å². The lowest BCUT2D eigenvalue weighted by atomic mass is 9.72. The molecule has 0 amide bonds. The normalized spacial score (nSPS) is 11.3. The number of benzene rings is 4. The zero-order valence-electron chi connectivity index (χ0n) is 38.4. The van der Waals surface area contributed by atoms with Crippen LogP contribution >= 0.6 is 0 Å². The Balaban J connectivity index is 1.36. The second-order valence-corrected chi connectivity index (χ2v) is 17.0. The van der Waals surface area contributed by atoms with Crippen molar-refractivity contribution in [3.05, 3.63) is 232 Å². The molecule has 0 aliphatic heterocycles. The predicted molar refractivity (Wildman–Crippen MR) is 283 cm³/mol. The monoisotopic (exact) mass is 922 g/mol. The van der Waals surface area contributed by atoms with Gasteiger partial charge in [0.05, 0.1) is 56.9 Å². The van der Waals surface area contributed by atoms with E-state index in [2.05, 4.69) is 60.7 Å². The van der Waals surface area contributed by atoms with Crippen LogP contribution in [0.5, 0.6) is 0 Å². The first-order valence-electron chi connectivity index (χ1n) is 23.5. The van der Waals surface area contributed by atoms with E-state index < -0.39 is 0 Å². The van der Waals surface area contributed by atoms with E-state index in [-0.39, 0.29) is 0 Å². The molecule has 336 valence electrons. The highest BCUT2D eigenvalue weighted by molar-refractivity contribution is 6.21. The van der Waals surface area contributed by atoms with Gasteiger partial charge in [-0.25, -0.2) is 0 Å². The lowest BCUT2D eigenvalue weighted by Gasteiger charge is -2.32. The second kappa shape index (κ2) is 18.1. The molecule has 0 saturated heterocycles. The number of pyridine rings is 6. The molecule has 0 N–H and O–H groups in total. The van der Waals surface area contributed by atoms with Gasteiger partial charge in [-0.3, -0.25) is 49.8 Å². The van der Waals surface area contributed by atoms with Gasteiger partial charge in [-0.15, -0.1) is 0 Å². The molecule has 12 aromatic rings. The van der Waals surface area contributed by atoms with Crippen molar-refractivity contribution in [3.8, 4) is 135 Å². The second-order valence-electron chi connectivity index (χ2n) is 17.0. The van der Waals surface area contributed by atoms with E-state index in [1.807, 2.05) is 146 Å². The van der Waals surface area contributed by atoms with Crippen LogP contribution in [0.15, 0.2) is 232 Å². The van der Waals surface area contributed by atoms with Crippen molar-refractivity contribution in [1.29, 1.82) is 0 Å². The first-order chi connectivity index (χ1) is 35.8. The Morgan fingerprint density at radius 3 is 0.597 bits per heavy atom. The van der Waals surface area contributed by atoms with Crippen LogP contribution in [0.2, 0.25) is 0 Å². The summed E-state index contributed by atoms with van der Waals surface area (Å²) in [6.45, 7) is 0. The van der Waals surface area contributed by atoms with Crippen molar-refractivity contribution < 1.29 is 0 Å². The number of rotatable bonds is 8. The lowest BCUT2D eigenvalue weighted by molar-refractivity contribution is 1.17. The molecule has 0 unspecified atom stereocenters. The summed E-state index contributed by atoms with van der Waals surface area (Å²) >= 11 is 0. The SMILES string of the molecule is c1ccc(-c2c(-c3ccccn3)c(-c3ccccn3)c(-c3ccccc3)c3c2-c2nccnc2-c2c(-c4ccccn4)c(-c4ccccn4)c(-c4ccccn4)c(-c4ccccn4)c2-c2nccnc2-3)cc1. The van der Waals surface area contributed by atoms with Crippen LogP contribution in [0, 0.1) is 0 Å². The zero-order valence-corrected chi connectivity index (χ0v) is 38.4. The molecule has 0 spiro atoms. The van der Waals surface area contributed by atoms with Crippen molar-refractivity contribution in [1.82, 2.24) is 49.8 Å². The van der Waals surface area contributed by atoms with E-state index in [4.69, 9.17) is 49.8 Å². The molecule has 72 heavy (non-hydrogen) atoms. The topological polar surface area (TPSA) is 129 Å². The maximum Gasteiger partial charge on any atom is 0.0979 e. The van der Waals surface area contributed by atoms with Crippen molar-refractivity contribution in [3.63, 3.8) is 0 Å². The predicted octanol–water partition coefficient (Wildman–Crippen LogP) is 14.0. The molecule has 0 atom stereocenters. The first-order valence-corrected chi connectivity index (χ1v) is 23.5. The molecular formula is C62H38N10. The molecule has 0 radical (unpaired) electrons. The third kappa shape index (κ3) is 7.04. The lowest BCUT2D eigenvalue weighted by Crippen LogP contribution is -2.11. The van der Waals surface area contributed by atoms with Gasteiger partial charge >= 0.3 is 0 Å². The minimum absolute atomic E-state index is 0.599. The molecule has 10 heteroatoms. The highest BCUT2D eigenvalue weighted by Crippen LogP contribution is 2.62. The zero-order chi connectivity index (χ0) is 47.8. The standard InChI is InChI=1S/C62H38N10/c1-3-19-39(20-4-1)47-49(41-23-7-13-29-63-41)50(42-24-8-14-30-64-42)48(40-21-5-2-6-22-40)56-55(47)59-61(71-37-35-69-59)57-53(45-27-11-17-33-67-45)51(43-25-9-15-31-65-43)52(44-26-10-16-32-66-44)54(46-28-12-18-34-68-46)58(57)62-60(56)70-36-38-72-62/h1-38H. The highest BCUT2D eigenvalue weighted by atomic mass is 14.9. The summed E-state index contributed by atoms with van der Waals surface area (Å²) in [5.74, 6) is 0. The first kappa shape index (κ1) is 42.1. The van der Waals surface area contributed by atoms with Crippen molar-refractivity contribution >= 4 is 0 Å². The molecule has 0 saturated carbocycles. The van der Waals surface area contributed by atoms with Crippen LogP contribution in [0.25, 0.3) is 135 Å². The Bertz CT molecular complexity index is 3410. The molecule has 0 bridgehead atoms. The number of aromatic nitrogens is 10. The van der Waals surface area contributed by atoms with Crippen molar-refractivity contribution in [2.45, 2.75) is 0 Å². The average Bonchev–Trinajstić information content (AvgIpc) is 3.47. The molecule has 8 heterocycles. The number of nitrogens with zero attached hydrogens (tertiary/aromatic N) is 10. The summed E-state index contributed by atoms with van der Waals surface area (Å²) < 4.78 is 0. The fraction of sp³-hybridized carbons (Fsp3) is 0. The average molecular weight is 923 g/mol. The van der Waals surface area contributed by atoms with Gasteiger partial charge in [0.25, 0.3) is 0 Å². The van der Waals surface area contributed by atoms with Gasteiger partial charge in [0.2, 0.25) is 0 Å². The summed E-state index contributed by atoms with van der Waals surface area (Å²) in [4.78, 5) is 52.8. The van der Waals surface area contributed by atoms with Crippen LogP contribution in [0.1, 0.15) is 0 Å². The summed E-state index contributed by atoms with van der Waals surface area (Å²) in [6, 6.07) is 56.8. The van der Waals surface area contributed by atoms with Gasteiger partial charge in [0, 0.05) is 129 Å². The maximum absolute atomic E-state index is 5.50. The Kier molecular flexibility index (Phi) is 10.6. The molecule has 4 aromatic carbocycles. The van der Waals surface area contributed by atoms with Crippen LogP contribution in [0.4, 0.5) is 0 Å². The smallest absolute Gasteiger partial charge is 0.0979 e. The number of hydrogen-bond acceptors (Lipinski definition) is 10. The third-order valence-electron chi connectivity index (χ3n) is 13.0. The highest BCUT2D eigenvalue weighted by Gasteiger charge is 2.40. The Morgan fingerprint density at radius 2 is 0.361 bits per heavy atom. The summed E-state index contributed by atoms with van der Waals surface area (Å²) in [7, 11) is 0. The van der Waals surface area contributed by atoms with Crippen molar-refractivity contribution in [2.24, 2.45) is 0 Å². The quantitative estimate of drug-likeness (QED) is 0.145. The minimum Gasteiger partial charge on any atom is -0.256 e. The van der Waals surface area contributed by atoms with E-state index in [9.17, 15) is 0 Å². The Morgan fingerprint density at radius 1 is 0.153 bits per heavy atom. The summed E-state index contributed by atoms with van der Waals surface area (Å²) in [6.07, 6.45) is 18.0. The van der Waals surface area contributed by atoms with Crippen molar-refractivity contribution in [2.75, 3.05) is 0 Å². The Hall–Kier alpha value is -10.1. The van der Waals surface area contributed by atoms with E-state index in [0.29, 0.717) is 45.6 Å². The van der Waals surface area contributed by atoms with Gasteiger partial charge in [-0.2, -0.15) is 0 Å². The largest absolute Gasteiger partial charge is 0.256 e. The van der Waals surface area contributed by atoms with Crippen LogP contribution in [-0.4, -0.2) is 49.8 Å². The van der Waals surface area contributed by atoms with Gasteiger partial charge in [0.1, 0.15) is 0 Å². The molecule has 1 aliphatic carbocycles. The van der Waals surface area contributed by atoms with Gasteiger partial charge in [0.15, 0.2) is 0 Å². The van der Waals surface area contributed by atoms with E-state index >= 15 is 0 Å². The number of hydrogen-bond donors (Lipinski definition) is 0. The summed E-state index contributed by atoms with van der Waals surface area (Å²) in [5.41, 5.74) is 18.3. The molecule has 0 fully saturated rings. The van der Waals surface area contributed by atoms with E-state index in [1.54, 1.807) is 24.8 Å². The molecule has 8 aromatic heterocycles. The molecule has 1 aliphatic rings.